The van der Waals surface area contributed by atoms with Crippen LogP contribution in [-0.4, -0.2) is 28.9 Å². The van der Waals surface area contributed by atoms with Crippen LogP contribution in [0.25, 0.3) is 21.0 Å². The average Bonchev–Trinajstić information content (AvgIpc) is 3.00. The average molecular weight is 373 g/mol. The van der Waals surface area contributed by atoms with Gasteiger partial charge in [-0.3, -0.25) is 4.79 Å². The van der Waals surface area contributed by atoms with Crippen LogP contribution in [0.2, 0.25) is 5.15 Å². The summed E-state index contributed by atoms with van der Waals surface area (Å²) in [6.45, 7) is 8.18. The van der Waals surface area contributed by atoms with E-state index in [1.165, 1.54) is 23.3 Å². The van der Waals surface area contributed by atoms with Crippen LogP contribution < -0.4 is 0 Å². The Bertz CT molecular complexity index is 971. The van der Waals surface area contributed by atoms with Crippen LogP contribution in [0.5, 0.6) is 0 Å². The van der Waals surface area contributed by atoms with Crippen molar-refractivity contribution in [2.75, 3.05) is 13.1 Å². The molecule has 1 aromatic carbocycles. The second-order valence-corrected chi connectivity index (χ2v) is 8.84. The molecule has 3 aromatic rings. The Hall–Kier alpha value is -1.65. The molecule has 0 spiro atoms. The van der Waals surface area contributed by atoms with E-state index >= 15 is 0 Å². The molecule has 25 heavy (non-hydrogen) atoms. The highest BCUT2D eigenvalue weighted by atomic mass is 35.5. The number of aromatic nitrogens is 1. The Kier molecular flexibility index (Phi) is 4.20. The number of benzene rings is 1. The van der Waals surface area contributed by atoms with Crippen molar-refractivity contribution >= 4 is 49.8 Å². The number of carbonyl (C=O) groups excluding carboxylic acids is 1. The number of thiophene rings is 1. The number of nitrogens with zero attached hydrogens (tertiary/aromatic N) is 2. The number of piperidine rings is 1. The summed E-state index contributed by atoms with van der Waals surface area (Å²) in [5.41, 5.74) is 2.06. The first-order chi connectivity index (χ1) is 11.9. The highest BCUT2D eigenvalue weighted by Gasteiger charge is 2.27. The smallest absolute Gasteiger partial charge is 0.263 e. The zero-order chi connectivity index (χ0) is 17.7. The summed E-state index contributed by atoms with van der Waals surface area (Å²) in [6.07, 6.45) is 1.19. The van der Waals surface area contributed by atoms with Crippen LogP contribution in [0, 0.1) is 18.8 Å². The molecule has 130 valence electrons. The number of rotatable bonds is 1. The maximum Gasteiger partial charge on any atom is 0.263 e. The van der Waals surface area contributed by atoms with Crippen molar-refractivity contribution < 1.29 is 4.79 Å². The third-order valence-electron chi connectivity index (χ3n) is 4.94. The molecule has 0 unspecified atom stereocenters. The van der Waals surface area contributed by atoms with Crippen LogP contribution in [0.3, 0.4) is 0 Å². The van der Waals surface area contributed by atoms with Crippen LogP contribution in [0.4, 0.5) is 0 Å². The van der Waals surface area contributed by atoms with Crippen molar-refractivity contribution in [1.29, 1.82) is 0 Å². The Morgan fingerprint density at radius 3 is 2.64 bits per heavy atom. The van der Waals surface area contributed by atoms with Gasteiger partial charge >= 0.3 is 0 Å². The van der Waals surface area contributed by atoms with Gasteiger partial charge in [-0.05, 0) is 43.4 Å². The van der Waals surface area contributed by atoms with Crippen LogP contribution in [0.15, 0.2) is 24.3 Å². The number of likely N-dealkylation sites (tertiary alicyclic amines) is 1. The van der Waals surface area contributed by atoms with Gasteiger partial charge < -0.3 is 4.90 Å². The lowest BCUT2D eigenvalue weighted by Crippen LogP contribution is -2.42. The van der Waals surface area contributed by atoms with E-state index in [1.807, 2.05) is 23.1 Å². The standard InChI is InChI=1S/C20H21ClN2OS/c1-11-4-5-16-14(7-11)18-15(19(21)22-16)8-17(25-18)20(24)23-9-12(2)6-13(3)10-23/h4-5,7-8,12-13H,6,9-10H2,1-3H3/t12-,13-/m1/s1. The minimum absolute atomic E-state index is 0.122. The van der Waals surface area contributed by atoms with Gasteiger partial charge in [-0.1, -0.05) is 37.1 Å². The van der Waals surface area contributed by atoms with E-state index in [1.54, 1.807) is 0 Å². The van der Waals surface area contributed by atoms with Crippen LogP contribution in [0.1, 0.15) is 35.5 Å². The van der Waals surface area contributed by atoms with Gasteiger partial charge in [0, 0.05) is 28.6 Å². The predicted octanol–water partition coefficient (Wildman–Crippen LogP) is 5.53. The van der Waals surface area contributed by atoms with Gasteiger partial charge in [0.15, 0.2) is 0 Å². The third kappa shape index (κ3) is 3.02. The van der Waals surface area contributed by atoms with Crippen LogP contribution >= 0.6 is 22.9 Å². The van der Waals surface area contributed by atoms with Crippen molar-refractivity contribution in [3.63, 3.8) is 0 Å². The number of hydrogen-bond acceptors (Lipinski definition) is 3. The molecule has 0 radical (unpaired) electrons. The molecule has 3 nitrogen and oxygen atoms in total. The molecule has 5 heteroatoms. The molecule has 1 aliphatic heterocycles. The lowest BCUT2D eigenvalue weighted by molar-refractivity contribution is 0.0628. The van der Waals surface area contributed by atoms with Gasteiger partial charge in [0.25, 0.3) is 5.91 Å². The number of pyridine rings is 1. The number of aryl methyl sites for hydroxylation is 1. The van der Waals surface area contributed by atoms with Crippen molar-refractivity contribution in [3.8, 4) is 0 Å². The highest BCUT2D eigenvalue weighted by Crippen LogP contribution is 2.37. The summed E-state index contributed by atoms with van der Waals surface area (Å²) in [5.74, 6) is 1.23. The summed E-state index contributed by atoms with van der Waals surface area (Å²) in [7, 11) is 0. The molecule has 1 fully saturated rings. The first-order valence-corrected chi connectivity index (χ1v) is 9.90. The minimum Gasteiger partial charge on any atom is -0.337 e. The zero-order valence-corrected chi connectivity index (χ0v) is 16.2. The molecular weight excluding hydrogens is 352 g/mol. The van der Waals surface area contributed by atoms with Crippen molar-refractivity contribution in [2.24, 2.45) is 11.8 Å². The quantitative estimate of drug-likeness (QED) is 0.526. The summed E-state index contributed by atoms with van der Waals surface area (Å²) >= 11 is 7.93. The number of amides is 1. The first-order valence-electron chi connectivity index (χ1n) is 8.71. The molecule has 3 heterocycles. The van der Waals surface area contributed by atoms with E-state index in [0.717, 1.165) is 39.0 Å². The maximum absolute atomic E-state index is 13.0. The molecule has 0 aliphatic carbocycles. The number of halogens is 1. The largest absolute Gasteiger partial charge is 0.337 e. The second-order valence-electron chi connectivity index (χ2n) is 7.43. The monoisotopic (exact) mass is 372 g/mol. The van der Waals surface area contributed by atoms with Crippen LogP contribution in [-0.2, 0) is 0 Å². The van der Waals surface area contributed by atoms with Crippen molar-refractivity contribution in [3.05, 3.63) is 39.9 Å². The molecule has 2 aromatic heterocycles. The Labute approximate surface area is 156 Å². The van der Waals surface area contributed by atoms with Gasteiger partial charge in [0.1, 0.15) is 5.15 Å². The lowest BCUT2D eigenvalue weighted by atomic mass is 9.92. The molecule has 4 rings (SSSR count). The highest BCUT2D eigenvalue weighted by molar-refractivity contribution is 7.21. The van der Waals surface area contributed by atoms with E-state index in [9.17, 15) is 4.79 Å². The van der Waals surface area contributed by atoms with E-state index < -0.39 is 0 Å². The molecule has 0 saturated carbocycles. The van der Waals surface area contributed by atoms with E-state index in [4.69, 9.17) is 11.6 Å². The van der Waals surface area contributed by atoms with Gasteiger partial charge in [-0.15, -0.1) is 11.3 Å². The van der Waals surface area contributed by atoms with E-state index in [-0.39, 0.29) is 5.91 Å². The first kappa shape index (κ1) is 16.8. The van der Waals surface area contributed by atoms with Gasteiger partial charge in [-0.25, -0.2) is 4.98 Å². The van der Waals surface area contributed by atoms with E-state index in [0.29, 0.717) is 17.0 Å². The molecule has 2 atom stereocenters. The fourth-order valence-corrected chi connectivity index (χ4v) is 5.38. The molecule has 1 aliphatic rings. The Balaban J connectivity index is 1.80. The topological polar surface area (TPSA) is 33.2 Å². The Morgan fingerprint density at radius 2 is 1.92 bits per heavy atom. The van der Waals surface area contributed by atoms with E-state index in [2.05, 4.69) is 31.8 Å². The van der Waals surface area contributed by atoms with Crippen molar-refractivity contribution in [1.82, 2.24) is 9.88 Å². The normalized spacial score (nSPS) is 21.2. The summed E-state index contributed by atoms with van der Waals surface area (Å²) in [4.78, 5) is 20.3. The summed E-state index contributed by atoms with van der Waals surface area (Å²) < 4.78 is 1.06. The minimum atomic E-state index is 0.122. The molecule has 0 N–H and O–H groups in total. The van der Waals surface area contributed by atoms with Gasteiger partial charge in [0.2, 0.25) is 0 Å². The van der Waals surface area contributed by atoms with Gasteiger partial charge in [0.05, 0.1) is 10.4 Å². The summed E-state index contributed by atoms with van der Waals surface area (Å²) in [5, 5.41) is 2.43. The number of carbonyl (C=O) groups is 1. The lowest BCUT2D eigenvalue weighted by Gasteiger charge is -2.34. The van der Waals surface area contributed by atoms with Crippen molar-refractivity contribution in [2.45, 2.75) is 27.2 Å². The molecule has 0 bridgehead atoms. The molecular formula is C20H21ClN2OS. The fourth-order valence-electron chi connectivity index (χ4n) is 3.93. The summed E-state index contributed by atoms with van der Waals surface area (Å²) in [6, 6.07) is 8.07. The third-order valence-corrected chi connectivity index (χ3v) is 6.38. The number of fused-ring (bicyclic) bond motifs is 3. The molecule has 1 saturated heterocycles. The maximum atomic E-state index is 13.0. The Morgan fingerprint density at radius 1 is 1.20 bits per heavy atom. The SMILES string of the molecule is Cc1ccc2nc(Cl)c3cc(C(=O)N4C[C@H](C)C[C@@H](C)C4)sc3c2c1. The number of hydrogen-bond donors (Lipinski definition) is 0. The molecule has 1 amide bonds. The fraction of sp³-hybridized carbons (Fsp3) is 0.400. The zero-order valence-electron chi connectivity index (χ0n) is 14.7. The second kappa shape index (κ2) is 6.26. The predicted molar refractivity (Wildman–Crippen MR) is 106 cm³/mol. The van der Waals surface area contributed by atoms with Gasteiger partial charge in [-0.2, -0.15) is 0 Å².